The van der Waals surface area contributed by atoms with E-state index in [1.54, 1.807) is 0 Å². The average Bonchev–Trinajstić information content (AvgIpc) is 2.04. The number of nitrogens with zero attached hydrogens (tertiary/aromatic N) is 1. The topological polar surface area (TPSA) is 81.3 Å². The van der Waals surface area contributed by atoms with Crippen molar-refractivity contribution in [3.63, 3.8) is 0 Å². The molecule has 0 aromatic carbocycles. The van der Waals surface area contributed by atoms with Gasteiger partial charge in [0.1, 0.15) is 5.97 Å². The molecule has 0 aliphatic rings. The quantitative estimate of drug-likeness (QED) is 0.536. The van der Waals surface area contributed by atoms with E-state index in [4.69, 9.17) is 5.11 Å². The fourth-order valence-corrected chi connectivity index (χ4v) is 0.776. The molecule has 1 aromatic heterocycles. The summed E-state index contributed by atoms with van der Waals surface area (Å²) in [5.41, 5.74) is -0.384. The molecule has 0 spiro atoms. The second-order valence-corrected chi connectivity index (χ2v) is 2.03. The van der Waals surface area contributed by atoms with Crippen molar-refractivity contribution in [1.82, 2.24) is 0 Å². The van der Waals surface area contributed by atoms with Crippen LogP contribution in [0.15, 0.2) is 24.4 Å². The van der Waals surface area contributed by atoms with E-state index in [-0.39, 0.29) is 5.69 Å². The minimum Gasteiger partial charge on any atom is -0.539 e. The Hall–Kier alpha value is -1.91. The highest BCUT2D eigenvalue weighted by molar-refractivity contribution is 5.82. The van der Waals surface area contributed by atoms with Crippen LogP contribution < -0.4 is 9.67 Å². The lowest BCUT2D eigenvalue weighted by Gasteiger charge is -1.97. The summed E-state index contributed by atoms with van der Waals surface area (Å²) in [5, 5.41) is 18.8. The van der Waals surface area contributed by atoms with Crippen molar-refractivity contribution in [2.45, 2.75) is 0 Å². The van der Waals surface area contributed by atoms with Crippen molar-refractivity contribution in [1.29, 1.82) is 0 Å². The van der Waals surface area contributed by atoms with Crippen molar-refractivity contribution in [2.24, 2.45) is 0 Å². The maximum absolute atomic E-state index is 10.4. The molecule has 0 fully saturated rings. The molecule has 5 nitrogen and oxygen atoms in total. The van der Waals surface area contributed by atoms with Crippen molar-refractivity contribution in [3.05, 3.63) is 30.1 Å². The molecule has 0 saturated carbocycles. The standard InChI is InChI=1S/C7H5NO4/c9-6(10)5-3-1-2-4-8(5)7(11)12/h1-4H,(H-,9,10,11,12). The second kappa shape index (κ2) is 3.00. The van der Waals surface area contributed by atoms with Gasteiger partial charge in [-0.1, -0.05) is 4.57 Å². The highest BCUT2D eigenvalue weighted by Gasteiger charge is 2.17. The van der Waals surface area contributed by atoms with Gasteiger partial charge in [0.25, 0.3) is 0 Å². The molecular weight excluding hydrogens is 162 g/mol. The van der Waals surface area contributed by atoms with Crippen LogP contribution in [0.2, 0.25) is 0 Å². The van der Waals surface area contributed by atoms with Crippen LogP contribution in [-0.4, -0.2) is 17.2 Å². The van der Waals surface area contributed by atoms with E-state index in [0.29, 0.717) is 4.57 Å². The van der Waals surface area contributed by atoms with E-state index < -0.39 is 12.1 Å². The smallest absolute Gasteiger partial charge is 0.539 e. The molecule has 62 valence electrons. The molecule has 1 aromatic rings. The summed E-state index contributed by atoms with van der Waals surface area (Å²) in [6.45, 7) is 0. The number of pyridine rings is 1. The Morgan fingerprint density at radius 1 is 1.42 bits per heavy atom. The van der Waals surface area contributed by atoms with Crippen molar-refractivity contribution < 1.29 is 24.4 Å². The molecule has 0 aliphatic heterocycles. The highest BCUT2D eigenvalue weighted by Crippen LogP contribution is 1.88. The molecule has 0 radical (unpaired) electrons. The van der Waals surface area contributed by atoms with Gasteiger partial charge in [-0.05, 0) is 6.07 Å². The van der Waals surface area contributed by atoms with Gasteiger partial charge in [-0.2, -0.15) is 4.79 Å². The van der Waals surface area contributed by atoms with Gasteiger partial charge in [0.15, 0.2) is 6.20 Å². The summed E-state index contributed by atoms with van der Waals surface area (Å²) in [6, 6.07) is 3.99. The summed E-state index contributed by atoms with van der Waals surface area (Å²) in [5.74, 6) is -1.52. The lowest BCUT2D eigenvalue weighted by Crippen LogP contribution is -2.49. The van der Waals surface area contributed by atoms with Crippen LogP contribution in [0.1, 0.15) is 10.5 Å². The van der Waals surface area contributed by atoms with Gasteiger partial charge in [0.2, 0.25) is 5.69 Å². The molecule has 0 atom stereocenters. The number of carboxylic acid groups (broad SMARTS) is 2. The summed E-state index contributed by atoms with van der Waals surface area (Å²) in [4.78, 5) is 20.7. The first kappa shape index (κ1) is 8.19. The lowest BCUT2D eigenvalue weighted by atomic mass is 10.3. The molecule has 0 unspecified atom stereocenters. The molecule has 1 rings (SSSR count). The Morgan fingerprint density at radius 2 is 2.08 bits per heavy atom. The van der Waals surface area contributed by atoms with Gasteiger partial charge >= 0.3 is 6.09 Å². The van der Waals surface area contributed by atoms with E-state index >= 15 is 0 Å². The number of rotatable bonds is 1. The number of hydrogen-bond acceptors (Lipinski definition) is 3. The zero-order valence-corrected chi connectivity index (χ0v) is 5.93. The van der Waals surface area contributed by atoms with Crippen LogP contribution in [-0.2, 0) is 0 Å². The second-order valence-electron chi connectivity index (χ2n) is 2.03. The number of carboxylic acids is 1. The highest BCUT2D eigenvalue weighted by atomic mass is 16.4. The van der Waals surface area contributed by atoms with Crippen LogP contribution in [0.5, 0.6) is 0 Å². The largest absolute Gasteiger partial charge is 0.600 e. The number of aromatic nitrogens is 1. The fourth-order valence-electron chi connectivity index (χ4n) is 0.776. The first-order chi connectivity index (χ1) is 5.63. The summed E-state index contributed by atoms with van der Waals surface area (Å²) < 4.78 is 0.579. The summed E-state index contributed by atoms with van der Waals surface area (Å²) in [7, 11) is 0. The van der Waals surface area contributed by atoms with E-state index in [2.05, 4.69) is 0 Å². The third-order valence-corrected chi connectivity index (χ3v) is 1.28. The molecule has 0 amide bonds. The zero-order chi connectivity index (χ0) is 9.14. The number of hydrogen-bond donors (Lipinski definition) is 1. The molecule has 0 aliphatic carbocycles. The van der Waals surface area contributed by atoms with Crippen LogP contribution in [0.3, 0.4) is 0 Å². The molecule has 1 N–H and O–H groups in total. The Bertz CT molecular complexity index is 301. The normalized spacial score (nSPS) is 9.33. The Labute approximate surface area is 67.5 Å². The Morgan fingerprint density at radius 3 is 2.50 bits per heavy atom. The predicted molar refractivity (Wildman–Crippen MR) is 34.4 cm³/mol. The first-order valence-corrected chi connectivity index (χ1v) is 3.08. The lowest BCUT2D eigenvalue weighted by molar-refractivity contribution is -0.590. The third kappa shape index (κ3) is 1.39. The molecule has 0 saturated heterocycles. The molecular formula is C7H5NO4. The summed E-state index contributed by atoms with van der Waals surface area (Å²) >= 11 is 0. The van der Waals surface area contributed by atoms with Crippen LogP contribution in [0, 0.1) is 0 Å². The minimum atomic E-state index is -1.52. The van der Waals surface area contributed by atoms with Crippen LogP contribution in [0.25, 0.3) is 0 Å². The maximum Gasteiger partial charge on any atom is 0.600 e. The van der Waals surface area contributed by atoms with Crippen molar-refractivity contribution in [3.8, 4) is 0 Å². The molecule has 1 heterocycles. The van der Waals surface area contributed by atoms with E-state index in [1.807, 2.05) is 0 Å². The fraction of sp³-hybridized carbons (Fsp3) is 0. The third-order valence-electron chi connectivity index (χ3n) is 1.28. The first-order valence-electron chi connectivity index (χ1n) is 3.08. The van der Waals surface area contributed by atoms with Gasteiger partial charge in [0, 0.05) is 12.1 Å². The maximum atomic E-state index is 10.4. The van der Waals surface area contributed by atoms with Gasteiger partial charge < -0.3 is 15.0 Å². The van der Waals surface area contributed by atoms with Crippen molar-refractivity contribution in [2.75, 3.05) is 0 Å². The van der Waals surface area contributed by atoms with Crippen LogP contribution >= 0.6 is 0 Å². The van der Waals surface area contributed by atoms with Gasteiger partial charge in [-0.25, -0.2) is 0 Å². The van der Waals surface area contributed by atoms with Gasteiger partial charge in [-0.15, -0.1) is 0 Å². The predicted octanol–water partition coefficient (Wildman–Crippen LogP) is -1.14. The van der Waals surface area contributed by atoms with E-state index in [9.17, 15) is 14.7 Å². The number of aromatic carboxylic acids is 1. The van der Waals surface area contributed by atoms with Gasteiger partial charge in [-0.3, -0.25) is 0 Å². The van der Waals surface area contributed by atoms with E-state index in [1.165, 1.54) is 12.1 Å². The SMILES string of the molecule is O=C([O-])c1cccc[n+]1C(=O)O. The molecule has 5 heteroatoms. The monoisotopic (exact) mass is 167 g/mol. The summed E-state index contributed by atoms with van der Waals surface area (Å²) in [6.07, 6.45) is -0.220. The van der Waals surface area contributed by atoms with Gasteiger partial charge in [0.05, 0.1) is 0 Å². The molecule has 0 bridgehead atoms. The Balaban J connectivity index is 3.27. The van der Waals surface area contributed by atoms with Crippen molar-refractivity contribution >= 4 is 12.1 Å². The Kier molecular flexibility index (Phi) is 2.05. The van der Waals surface area contributed by atoms with Crippen LogP contribution in [0.4, 0.5) is 4.79 Å². The van der Waals surface area contributed by atoms with E-state index in [0.717, 1.165) is 12.3 Å². The minimum absolute atomic E-state index is 0.384. The number of carbonyl (C=O) groups is 2. The zero-order valence-electron chi connectivity index (χ0n) is 5.93. The molecule has 12 heavy (non-hydrogen) atoms. The number of carbonyl (C=O) groups excluding carboxylic acids is 1. The average molecular weight is 167 g/mol.